The number of methoxy groups -OCH3 is 1. The molecule has 1 radical (unpaired) electrons. The van der Waals surface area contributed by atoms with Gasteiger partial charge in [-0.25, -0.2) is 19.3 Å². The van der Waals surface area contributed by atoms with E-state index in [1.54, 1.807) is 25.3 Å². The lowest BCUT2D eigenvalue weighted by Crippen LogP contribution is -2.23. The van der Waals surface area contributed by atoms with Crippen LogP contribution in [-0.2, 0) is 13.1 Å². The SMILES string of the molecule is COc1c[c]cc(-n2c(=O)[nH]c3c(N(Cc4ccccc4)Cc4ccccc4)ncnc32)c1. The molecule has 33 heavy (non-hydrogen) atoms. The first kappa shape index (κ1) is 20.5. The summed E-state index contributed by atoms with van der Waals surface area (Å²) in [5, 5.41) is 0. The van der Waals surface area contributed by atoms with Crippen molar-refractivity contribution in [1.82, 2.24) is 19.5 Å². The minimum Gasteiger partial charge on any atom is -0.497 e. The van der Waals surface area contributed by atoms with Gasteiger partial charge in [-0.3, -0.25) is 0 Å². The van der Waals surface area contributed by atoms with E-state index in [0.29, 0.717) is 41.5 Å². The molecule has 2 heterocycles. The first-order chi connectivity index (χ1) is 16.2. The fourth-order valence-corrected chi connectivity index (χ4v) is 3.89. The Kier molecular flexibility index (Phi) is 5.59. The van der Waals surface area contributed by atoms with Crippen molar-refractivity contribution in [3.63, 3.8) is 0 Å². The second kappa shape index (κ2) is 9.00. The van der Waals surface area contributed by atoms with Crippen molar-refractivity contribution in [3.05, 3.63) is 113 Å². The molecule has 0 aliphatic carbocycles. The number of fused-ring (bicyclic) bond motifs is 1. The van der Waals surface area contributed by atoms with Crippen molar-refractivity contribution in [1.29, 1.82) is 0 Å². The van der Waals surface area contributed by atoms with Gasteiger partial charge in [-0.15, -0.1) is 0 Å². The Hall–Kier alpha value is -4.39. The lowest BCUT2D eigenvalue weighted by atomic mass is 10.1. The van der Waals surface area contributed by atoms with Crippen LogP contribution >= 0.6 is 0 Å². The first-order valence-corrected chi connectivity index (χ1v) is 10.6. The molecule has 0 saturated carbocycles. The lowest BCUT2D eigenvalue weighted by Gasteiger charge is -2.24. The average Bonchev–Trinajstić information content (AvgIpc) is 3.21. The van der Waals surface area contributed by atoms with Gasteiger partial charge in [0.15, 0.2) is 11.5 Å². The minimum atomic E-state index is -0.298. The van der Waals surface area contributed by atoms with Crippen molar-refractivity contribution in [2.75, 3.05) is 12.0 Å². The third-order valence-corrected chi connectivity index (χ3v) is 5.43. The molecular formula is C26H22N5O2. The number of rotatable bonds is 7. The fraction of sp³-hybridized carbons (Fsp3) is 0.115. The quantitative estimate of drug-likeness (QED) is 0.415. The smallest absolute Gasteiger partial charge is 0.332 e. The topological polar surface area (TPSA) is 76.0 Å². The second-order valence-electron chi connectivity index (χ2n) is 7.62. The van der Waals surface area contributed by atoms with Gasteiger partial charge in [0.1, 0.15) is 17.6 Å². The monoisotopic (exact) mass is 436 g/mol. The molecule has 0 atom stereocenters. The first-order valence-electron chi connectivity index (χ1n) is 10.6. The highest BCUT2D eigenvalue weighted by atomic mass is 16.5. The molecule has 5 aromatic rings. The lowest BCUT2D eigenvalue weighted by molar-refractivity contribution is 0.414. The zero-order valence-electron chi connectivity index (χ0n) is 18.1. The highest BCUT2D eigenvalue weighted by Crippen LogP contribution is 2.26. The van der Waals surface area contributed by atoms with Crippen LogP contribution < -0.4 is 15.3 Å². The van der Waals surface area contributed by atoms with E-state index in [2.05, 4.69) is 50.2 Å². The Balaban J connectivity index is 1.63. The maximum absolute atomic E-state index is 13.0. The van der Waals surface area contributed by atoms with E-state index in [1.807, 2.05) is 36.4 Å². The molecule has 3 aromatic carbocycles. The maximum atomic E-state index is 13.0. The van der Waals surface area contributed by atoms with Crippen LogP contribution in [-0.4, -0.2) is 26.6 Å². The largest absolute Gasteiger partial charge is 0.497 e. The van der Waals surface area contributed by atoms with E-state index in [4.69, 9.17) is 4.74 Å². The maximum Gasteiger partial charge on any atom is 0.332 e. The molecule has 163 valence electrons. The van der Waals surface area contributed by atoms with Gasteiger partial charge in [0.25, 0.3) is 0 Å². The molecule has 0 bridgehead atoms. The van der Waals surface area contributed by atoms with E-state index in [-0.39, 0.29) is 5.69 Å². The number of benzene rings is 3. The third-order valence-electron chi connectivity index (χ3n) is 5.43. The second-order valence-corrected chi connectivity index (χ2v) is 7.62. The predicted molar refractivity (Wildman–Crippen MR) is 128 cm³/mol. The van der Waals surface area contributed by atoms with Gasteiger partial charge in [0, 0.05) is 19.2 Å². The third kappa shape index (κ3) is 4.21. The number of imidazole rings is 1. The van der Waals surface area contributed by atoms with Gasteiger partial charge >= 0.3 is 5.69 Å². The van der Waals surface area contributed by atoms with Gasteiger partial charge in [-0.1, -0.05) is 60.7 Å². The van der Waals surface area contributed by atoms with E-state index in [0.717, 1.165) is 11.1 Å². The summed E-state index contributed by atoms with van der Waals surface area (Å²) in [7, 11) is 1.58. The minimum absolute atomic E-state index is 0.298. The van der Waals surface area contributed by atoms with E-state index in [9.17, 15) is 4.79 Å². The van der Waals surface area contributed by atoms with Crippen molar-refractivity contribution < 1.29 is 4.74 Å². The highest BCUT2D eigenvalue weighted by Gasteiger charge is 2.19. The Morgan fingerprint density at radius 1 is 0.970 bits per heavy atom. The fourth-order valence-electron chi connectivity index (χ4n) is 3.89. The number of hydrogen-bond acceptors (Lipinski definition) is 5. The van der Waals surface area contributed by atoms with Gasteiger partial charge in [0.05, 0.1) is 12.8 Å². The van der Waals surface area contributed by atoms with Crippen molar-refractivity contribution >= 4 is 17.0 Å². The Morgan fingerprint density at radius 3 is 2.27 bits per heavy atom. The standard InChI is InChI=1S/C26H22N5O2/c1-33-22-14-8-13-21(15-22)31-25-23(29-26(31)32)24(27-18-28-25)30(16-19-9-4-2-5-10-19)17-20-11-6-3-7-12-20/h2-7,9-15,18H,16-17H2,1H3,(H,29,32). The van der Waals surface area contributed by atoms with E-state index >= 15 is 0 Å². The van der Waals surface area contributed by atoms with Crippen molar-refractivity contribution in [2.24, 2.45) is 0 Å². The molecule has 7 nitrogen and oxygen atoms in total. The number of anilines is 1. The zero-order valence-corrected chi connectivity index (χ0v) is 18.1. The number of ether oxygens (including phenoxy) is 1. The number of hydrogen-bond donors (Lipinski definition) is 1. The summed E-state index contributed by atoms with van der Waals surface area (Å²) in [6.07, 6.45) is 1.49. The van der Waals surface area contributed by atoms with Crippen LogP contribution in [0.1, 0.15) is 11.1 Å². The highest BCUT2D eigenvalue weighted by molar-refractivity contribution is 5.84. The summed E-state index contributed by atoms with van der Waals surface area (Å²) >= 11 is 0. The number of nitrogens with zero attached hydrogens (tertiary/aromatic N) is 4. The van der Waals surface area contributed by atoms with Crippen molar-refractivity contribution in [3.8, 4) is 11.4 Å². The van der Waals surface area contributed by atoms with Crippen molar-refractivity contribution in [2.45, 2.75) is 13.1 Å². The zero-order chi connectivity index (χ0) is 22.6. The molecule has 2 aromatic heterocycles. The summed E-state index contributed by atoms with van der Waals surface area (Å²) in [4.78, 5) is 27.1. The molecule has 0 aliphatic heterocycles. The van der Waals surface area contributed by atoms with Gasteiger partial charge in [-0.05, 0) is 29.3 Å². The summed E-state index contributed by atoms with van der Waals surface area (Å²) in [6.45, 7) is 1.25. The molecule has 5 rings (SSSR count). The van der Waals surface area contributed by atoms with Crippen LogP contribution in [0.25, 0.3) is 16.9 Å². The molecule has 0 amide bonds. The van der Waals surface area contributed by atoms with Crippen LogP contribution in [0, 0.1) is 6.07 Å². The predicted octanol–water partition coefficient (Wildman–Crippen LogP) is 4.12. The van der Waals surface area contributed by atoms with Gasteiger partial charge in [0.2, 0.25) is 0 Å². The summed E-state index contributed by atoms with van der Waals surface area (Å²) in [5.74, 6) is 1.27. The summed E-state index contributed by atoms with van der Waals surface area (Å²) in [6, 6.07) is 28.6. The molecule has 0 fully saturated rings. The Bertz CT molecular complexity index is 1390. The van der Waals surface area contributed by atoms with E-state index in [1.165, 1.54) is 10.9 Å². The molecule has 0 aliphatic rings. The molecule has 0 spiro atoms. The number of aromatic nitrogens is 4. The molecule has 0 saturated heterocycles. The van der Waals surface area contributed by atoms with Crippen LogP contribution in [0.5, 0.6) is 5.75 Å². The van der Waals surface area contributed by atoms with Gasteiger partial charge in [-0.2, -0.15) is 0 Å². The number of H-pyrrole nitrogens is 1. The van der Waals surface area contributed by atoms with Crippen LogP contribution in [0.2, 0.25) is 0 Å². The van der Waals surface area contributed by atoms with Crippen LogP contribution in [0.4, 0.5) is 5.82 Å². The molecule has 1 N–H and O–H groups in total. The Morgan fingerprint density at radius 2 is 1.64 bits per heavy atom. The summed E-state index contributed by atoms with van der Waals surface area (Å²) in [5.41, 5.74) is 3.68. The Labute approximate surface area is 190 Å². The molecular weight excluding hydrogens is 414 g/mol. The van der Waals surface area contributed by atoms with Crippen LogP contribution in [0.15, 0.2) is 90.0 Å². The average molecular weight is 436 g/mol. The van der Waals surface area contributed by atoms with Gasteiger partial charge < -0.3 is 14.6 Å². The number of aromatic amines is 1. The number of nitrogens with one attached hydrogen (secondary N) is 1. The summed E-state index contributed by atoms with van der Waals surface area (Å²) < 4.78 is 6.82. The molecule has 0 unspecified atom stereocenters. The van der Waals surface area contributed by atoms with Crippen LogP contribution in [0.3, 0.4) is 0 Å². The van der Waals surface area contributed by atoms with E-state index < -0.39 is 0 Å². The normalized spacial score (nSPS) is 10.9. The molecule has 7 heteroatoms.